The highest BCUT2D eigenvalue weighted by Crippen LogP contribution is 2.26. The molecule has 10 heteroatoms. The average Bonchev–Trinajstić information content (AvgIpc) is 3.51. The van der Waals surface area contributed by atoms with Gasteiger partial charge in [-0.3, -0.25) is 14.4 Å². The number of rotatable bonds is 8. The third-order valence-corrected chi connectivity index (χ3v) is 6.95. The van der Waals surface area contributed by atoms with E-state index in [2.05, 4.69) is 38.9 Å². The Morgan fingerprint density at radius 3 is 2.48 bits per heavy atom. The number of nitrogens with one attached hydrogen (secondary N) is 4. The molecule has 1 saturated carbocycles. The predicted octanol–water partition coefficient (Wildman–Crippen LogP) is 1.87. The minimum Gasteiger partial charge on any atom is -0.350 e. The van der Waals surface area contributed by atoms with E-state index in [9.17, 15) is 18.0 Å². The molecule has 1 heterocycles. The van der Waals surface area contributed by atoms with Crippen molar-refractivity contribution in [2.24, 2.45) is 0 Å². The number of benzene rings is 2. The van der Waals surface area contributed by atoms with Gasteiger partial charge in [-0.1, -0.05) is 0 Å². The maximum Gasteiger partial charge on any atom is 0.323 e. The van der Waals surface area contributed by atoms with Crippen molar-refractivity contribution in [3.05, 3.63) is 58.5 Å². The van der Waals surface area contributed by atoms with Crippen LogP contribution in [0.4, 0.5) is 5.69 Å². The first-order chi connectivity index (χ1) is 14.7. The van der Waals surface area contributed by atoms with E-state index < -0.39 is 15.7 Å². The van der Waals surface area contributed by atoms with Gasteiger partial charge in [0.15, 0.2) is 0 Å². The van der Waals surface area contributed by atoms with Gasteiger partial charge in [0.05, 0.1) is 15.9 Å². The molecule has 0 aliphatic heterocycles. The smallest absolute Gasteiger partial charge is 0.323 e. The van der Waals surface area contributed by atoms with E-state index in [0.29, 0.717) is 34.9 Å². The summed E-state index contributed by atoms with van der Waals surface area (Å²) in [4.78, 5) is 31.2. The fourth-order valence-electron chi connectivity index (χ4n) is 3.41. The maximum absolute atomic E-state index is 12.7. The standard InChI is InChI=1S/C21H25N5O4S/c1-13(26(2)16-7-8-16)12-22-20(27)14-3-5-15(6-4-14)25-31(29,30)17-9-10-18-19(11-17)24-21(28)23-18/h3-6,9-11,13,16,25H,7-8,12H2,1-2H3,(H,22,27)(H2,23,24,28). The zero-order chi connectivity index (χ0) is 22.2. The van der Waals surface area contributed by atoms with E-state index in [-0.39, 0.29) is 16.8 Å². The zero-order valence-electron chi connectivity index (χ0n) is 17.3. The van der Waals surface area contributed by atoms with Crippen molar-refractivity contribution in [3.63, 3.8) is 0 Å². The van der Waals surface area contributed by atoms with E-state index in [1.165, 1.54) is 31.0 Å². The number of carbonyl (C=O) groups is 1. The number of fused-ring (bicyclic) bond motifs is 1. The van der Waals surface area contributed by atoms with Crippen LogP contribution in [0.25, 0.3) is 11.0 Å². The minimum absolute atomic E-state index is 0.0193. The normalized spacial score (nSPS) is 15.2. The van der Waals surface area contributed by atoms with Crippen LogP contribution < -0.4 is 15.7 Å². The second-order valence-electron chi connectivity index (χ2n) is 7.93. The number of likely N-dealkylation sites (N-methyl/N-ethyl adjacent to an activating group) is 1. The first kappa shape index (κ1) is 21.1. The number of anilines is 1. The van der Waals surface area contributed by atoms with Gasteiger partial charge < -0.3 is 15.3 Å². The minimum atomic E-state index is -3.85. The van der Waals surface area contributed by atoms with Gasteiger partial charge in [-0.2, -0.15) is 0 Å². The van der Waals surface area contributed by atoms with E-state index in [4.69, 9.17) is 0 Å². The molecule has 0 spiro atoms. The van der Waals surface area contributed by atoms with Crippen molar-refractivity contribution in [1.29, 1.82) is 0 Å². The zero-order valence-corrected chi connectivity index (χ0v) is 18.1. The van der Waals surface area contributed by atoms with Gasteiger partial charge in [-0.15, -0.1) is 0 Å². The molecule has 1 unspecified atom stereocenters. The Balaban J connectivity index is 1.39. The molecule has 3 aromatic rings. The van der Waals surface area contributed by atoms with Gasteiger partial charge in [0, 0.05) is 29.9 Å². The van der Waals surface area contributed by atoms with Crippen molar-refractivity contribution >= 4 is 32.7 Å². The van der Waals surface area contributed by atoms with Gasteiger partial charge >= 0.3 is 5.69 Å². The number of carbonyl (C=O) groups excluding carboxylic acids is 1. The first-order valence-electron chi connectivity index (χ1n) is 10.1. The van der Waals surface area contributed by atoms with Crippen molar-refractivity contribution in [2.45, 2.75) is 36.7 Å². The molecule has 9 nitrogen and oxygen atoms in total. The van der Waals surface area contributed by atoms with Crippen LogP contribution in [0, 0.1) is 0 Å². The average molecular weight is 444 g/mol. The van der Waals surface area contributed by atoms with Crippen LogP contribution in [0.5, 0.6) is 0 Å². The SMILES string of the molecule is CC(CNC(=O)c1ccc(NS(=O)(=O)c2ccc3[nH]c(=O)[nH]c3c2)cc1)N(C)C1CC1. The molecule has 2 aromatic carbocycles. The fourth-order valence-corrected chi connectivity index (χ4v) is 4.50. The molecular weight excluding hydrogens is 418 g/mol. The number of nitrogens with zero attached hydrogens (tertiary/aromatic N) is 1. The highest BCUT2D eigenvalue weighted by Gasteiger charge is 2.29. The summed E-state index contributed by atoms with van der Waals surface area (Å²) >= 11 is 0. The summed E-state index contributed by atoms with van der Waals surface area (Å²) in [5.41, 5.74) is 1.31. The summed E-state index contributed by atoms with van der Waals surface area (Å²) in [5, 5.41) is 2.92. The third-order valence-electron chi connectivity index (χ3n) is 5.57. The fraction of sp³-hybridized carbons (Fsp3) is 0.333. The first-order valence-corrected chi connectivity index (χ1v) is 11.6. The summed E-state index contributed by atoms with van der Waals surface area (Å²) in [5.74, 6) is -0.202. The molecule has 164 valence electrons. The molecule has 1 aromatic heterocycles. The molecule has 1 atom stereocenters. The highest BCUT2D eigenvalue weighted by molar-refractivity contribution is 7.92. The predicted molar refractivity (Wildman–Crippen MR) is 119 cm³/mol. The molecule has 1 aliphatic carbocycles. The van der Waals surface area contributed by atoms with Crippen molar-refractivity contribution < 1.29 is 13.2 Å². The van der Waals surface area contributed by atoms with Gasteiger partial charge in [-0.05, 0) is 69.3 Å². The lowest BCUT2D eigenvalue weighted by molar-refractivity contribution is 0.0939. The van der Waals surface area contributed by atoms with E-state index in [1.807, 2.05) is 0 Å². The number of aromatic nitrogens is 2. The Morgan fingerprint density at radius 2 is 1.81 bits per heavy atom. The van der Waals surface area contributed by atoms with Crippen LogP contribution in [0.3, 0.4) is 0 Å². The van der Waals surface area contributed by atoms with Gasteiger partial charge in [-0.25, -0.2) is 13.2 Å². The molecule has 4 N–H and O–H groups in total. The maximum atomic E-state index is 12.7. The molecule has 1 fully saturated rings. The van der Waals surface area contributed by atoms with E-state index >= 15 is 0 Å². The topological polar surface area (TPSA) is 127 Å². The summed E-state index contributed by atoms with van der Waals surface area (Å²) in [7, 11) is -1.78. The lowest BCUT2D eigenvalue weighted by atomic mass is 10.2. The van der Waals surface area contributed by atoms with Crippen LogP contribution in [0.2, 0.25) is 0 Å². The molecule has 0 saturated heterocycles. The van der Waals surface area contributed by atoms with E-state index in [1.54, 1.807) is 24.3 Å². The van der Waals surface area contributed by atoms with E-state index in [0.717, 1.165) is 0 Å². The number of imidazole rings is 1. The monoisotopic (exact) mass is 443 g/mol. The summed E-state index contributed by atoms with van der Waals surface area (Å²) in [6.45, 7) is 2.63. The number of amides is 1. The molecule has 1 amide bonds. The molecule has 1 aliphatic rings. The highest BCUT2D eigenvalue weighted by atomic mass is 32.2. The van der Waals surface area contributed by atoms with Crippen LogP contribution in [0.1, 0.15) is 30.1 Å². The Hall–Kier alpha value is -3.11. The summed E-state index contributed by atoms with van der Waals surface area (Å²) in [6, 6.07) is 11.4. The molecule has 4 rings (SSSR count). The van der Waals surface area contributed by atoms with Gasteiger partial charge in [0.1, 0.15) is 0 Å². The van der Waals surface area contributed by atoms with Crippen molar-refractivity contribution in [1.82, 2.24) is 20.2 Å². The number of hydrogen-bond donors (Lipinski definition) is 4. The second-order valence-corrected chi connectivity index (χ2v) is 9.61. The van der Waals surface area contributed by atoms with Crippen LogP contribution >= 0.6 is 0 Å². The summed E-state index contributed by atoms with van der Waals surface area (Å²) < 4.78 is 27.8. The lowest BCUT2D eigenvalue weighted by Gasteiger charge is -2.24. The number of H-pyrrole nitrogens is 2. The van der Waals surface area contributed by atoms with Crippen molar-refractivity contribution in [3.8, 4) is 0 Å². The van der Waals surface area contributed by atoms with Gasteiger partial charge in [0.2, 0.25) is 0 Å². The third kappa shape index (κ3) is 4.80. The van der Waals surface area contributed by atoms with Crippen LogP contribution in [-0.4, -0.2) is 54.9 Å². The Morgan fingerprint density at radius 1 is 1.13 bits per heavy atom. The van der Waals surface area contributed by atoms with Crippen molar-refractivity contribution in [2.75, 3.05) is 18.3 Å². The molecular formula is C21H25N5O4S. The quantitative estimate of drug-likeness (QED) is 0.423. The lowest BCUT2D eigenvalue weighted by Crippen LogP contribution is -2.41. The molecule has 31 heavy (non-hydrogen) atoms. The van der Waals surface area contributed by atoms with Gasteiger partial charge in [0.25, 0.3) is 15.9 Å². The number of sulfonamides is 1. The Labute approximate surface area is 179 Å². The van der Waals surface area contributed by atoms with Crippen LogP contribution in [-0.2, 0) is 10.0 Å². The molecule has 0 bridgehead atoms. The Kier molecular flexibility index (Phi) is 5.59. The number of aromatic amines is 2. The second kappa shape index (κ2) is 8.20. The largest absolute Gasteiger partial charge is 0.350 e. The number of hydrogen-bond acceptors (Lipinski definition) is 5. The summed E-state index contributed by atoms with van der Waals surface area (Å²) in [6.07, 6.45) is 2.42. The van der Waals surface area contributed by atoms with Crippen LogP contribution in [0.15, 0.2) is 52.2 Å². The Bertz CT molecular complexity index is 1260. The molecule has 0 radical (unpaired) electrons.